The number of hydrogen-bond donors (Lipinski definition) is 1. The lowest BCUT2D eigenvalue weighted by atomic mass is 10.1. The van der Waals surface area contributed by atoms with Gasteiger partial charge in [-0.1, -0.05) is 23.7 Å². The second kappa shape index (κ2) is 11.5. The molecule has 6 nitrogen and oxygen atoms in total. The normalized spacial score (nSPS) is 16.8. The summed E-state index contributed by atoms with van der Waals surface area (Å²) in [7, 11) is 0. The van der Waals surface area contributed by atoms with Gasteiger partial charge in [0.15, 0.2) is 0 Å². The van der Waals surface area contributed by atoms with Gasteiger partial charge in [0.2, 0.25) is 11.8 Å². The van der Waals surface area contributed by atoms with Crippen LogP contribution in [0.2, 0.25) is 5.02 Å². The van der Waals surface area contributed by atoms with Crippen LogP contribution in [0.25, 0.3) is 6.08 Å². The van der Waals surface area contributed by atoms with Crippen molar-refractivity contribution < 1.29 is 18.7 Å². The molecule has 2 aromatic rings. The molecule has 1 aliphatic heterocycles. The van der Waals surface area contributed by atoms with Gasteiger partial charge >= 0.3 is 0 Å². The van der Waals surface area contributed by atoms with E-state index in [1.54, 1.807) is 30.3 Å². The predicted octanol–water partition coefficient (Wildman–Crippen LogP) is 4.97. The Balaban J connectivity index is 1.69. The molecule has 2 amide bonds. The van der Waals surface area contributed by atoms with Crippen LogP contribution in [0.1, 0.15) is 38.8 Å². The summed E-state index contributed by atoms with van der Waals surface area (Å²) in [6, 6.07) is 9.88. The van der Waals surface area contributed by atoms with Crippen LogP contribution in [0.5, 0.6) is 5.75 Å². The summed E-state index contributed by atoms with van der Waals surface area (Å²) in [4.78, 5) is 28.7. The average Bonchev–Trinajstić information content (AvgIpc) is 2.75. The van der Waals surface area contributed by atoms with Crippen LogP contribution in [-0.4, -0.2) is 53.4 Å². The van der Waals surface area contributed by atoms with Crippen molar-refractivity contribution in [2.75, 3.05) is 25.0 Å². The number of benzene rings is 2. The lowest BCUT2D eigenvalue weighted by Gasteiger charge is -2.39. The average molecular weight is 488 g/mol. The smallest absolute Gasteiger partial charge is 0.246 e. The Morgan fingerprint density at radius 1 is 1.24 bits per heavy atom. The van der Waals surface area contributed by atoms with Gasteiger partial charge in [-0.3, -0.25) is 14.5 Å². The maximum Gasteiger partial charge on any atom is 0.246 e. The molecule has 2 aromatic carbocycles. The minimum atomic E-state index is -0.246. The highest BCUT2D eigenvalue weighted by Crippen LogP contribution is 2.33. The molecule has 1 atom stereocenters. The number of carbonyl (C=O) groups excluding carboxylic acids is 2. The van der Waals surface area contributed by atoms with Crippen molar-refractivity contribution in [1.82, 2.24) is 9.80 Å². The van der Waals surface area contributed by atoms with E-state index in [9.17, 15) is 14.0 Å². The van der Waals surface area contributed by atoms with Crippen LogP contribution in [0, 0.1) is 5.82 Å². The number of halogens is 2. The van der Waals surface area contributed by atoms with E-state index >= 15 is 0 Å². The summed E-state index contributed by atoms with van der Waals surface area (Å²) in [5.41, 5.74) is 2.18. The molecule has 8 heteroatoms. The number of piperazine rings is 1. The first-order valence-corrected chi connectivity index (χ1v) is 11.7. The first-order valence-electron chi connectivity index (χ1n) is 11.4. The molecular weight excluding hydrogens is 457 g/mol. The highest BCUT2D eigenvalue weighted by Gasteiger charge is 2.26. The quantitative estimate of drug-likeness (QED) is 0.560. The summed E-state index contributed by atoms with van der Waals surface area (Å²) in [6.07, 6.45) is 3.11. The summed E-state index contributed by atoms with van der Waals surface area (Å²) < 4.78 is 18.9. The molecule has 1 N–H and O–H groups in total. The van der Waals surface area contributed by atoms with Crippen LogP contribution < -0.4 is 10.1 Å². The van der Waals surface area contributed by atoms with Crippen LogP contribution in [0.15, 0.2) is 42.5 Å². The number of nitrogens with one attached hydrogen (secondary N) is 1. The Kier molecular flexibility index (Phi) is 8.69. The van der Waals surface area contributed by atoms with Gasteiger partial charge in [0.05, 0.1) is 11.1 Å². The lowest BCUT2D eigenvalue weighted by molar-refractivity contribution is -0.130. The third-order valence-electron chi connectivity index (χ3n) is 5.50. The maximum absolute atomic E-state index is 13.1. The van der Waals surface area contributed by atoms with Crippen molar-refractivity contribution in [2.24, 2.45) is 0 Å². The van der Waals surface area contributed by atoms with Crippen molar-refractivity contribution >= 4 is 35.2 Å². The molecular formula is C26H31ClFN3O3. The number of ether oxygens (including phenoxy) is 1. The van der Waals surface area contributed by atoms with Gasteiger partial charge in [0.1, 0.15) is 11.6 Å². The van der Waals surface area contributed by atoms with Gasteiger partial charge in [-0.15, -0.1) is 0 Å². The fourth-order valence-electron chi connectivity index (χ4n) is 3.96. The fourth-order valence-corrected chi connectivity index (χ4v) is 4.17. The van der Waals surface area contributed by atoms with Crippen molar-refractivity contribution in [3.63, 3.8) is 0 Å². The Bertz CT molecular complexity index is 1060. The van der Waals surface area contributed by atoms with Crippen LogP contribution in [0.4, 0.5) is 10.1 Å². The first-order chi connectivity index (χ1) is 16.1. The lowest BCUT2D eigenvalue weighted by Crippen LogP contribution is -2.53. The number of carbonyl (C=O) groups is 2. The topological polar surface area (TPSA) is 61.9 Å². The third-order valence-corrected chi connectivity index (χ3v) is 5.79. The molecule has 0 saturated carbocycles. The summed E-state index contributed by atoms with van der Waals surface area (Å²) >= 11 is 6.31. The van der Waals surface area contributed by atoms with Crippen molar-refractivity contribution in [2.45, 2.75) is 46.4 Å². The molecule has 1 fully saturated rings. The van der Waals surface area contributed by atoms with Crippen molar-refractivity contribution in [1.29, 1.82) is 0 Å². The molecule has 0 spiro atoms. The zero-order valence-corrected chi connectivity index (χ0v) is 20.7. The van der Waals surface area contributed by atoms with Gasteiger partial charge in [-0.2, -0.15) is 0 Å². The second-order valence-corrected chi connectivity index (χ2v) is 9.20. The largest absolute Gasteiger partial charge is 0.489 e. The summed E-state index contributed by atoms with van der Waals surface area (Å²) in [5, 5.41) is 3.14. The highest BCUT2D eigenvalue weighted by atomic mass is 35.5. The highest BCUT2D eigenvalue weighted by molar-refractivity contribution is 6.32. The standard InChI is InChI=1S/C26H31ClFN3O3/c1-17(2)34-25-13-21(24(14-23(25)27)29-19(4)32)7-10-26(33)31-12-11-30(15-18(31)3)16-20-5-8-22(28)9-6-20/h5-10,13-14,17-18H,11-12,15-16H2,1-4H3,(H,29,32)/t18-/m1/s1. The molecule has 1 heterocycles. The van der Waals surface area contributed by atoms with Gasteiger partial charge in [-0.05, 0) is 56.7 Å². The van der Waals surface area contributed by atoms with Crippen LogP contribution in [-0.2, 0) is 16.1 Å². The first kappa shape index (κ1) is 25.7. The molecule has 1 aliphatic rings. The van der Waals surface area contributed by atoms with E-state index in [1.807, 2.05) is 25.7 Å². The SMILES string of the molecule is CC(=O)Nc1cc(Cl)c(OC(C)C)cc1C=CC(=O)N1CCN(Cc2ccc(F)cc2)C[C@H]1C. The number of rotatable bonds is 7. The number of amides is 2. The molecule has 34 heavy (non-hydrogen) atoms. The van der Waals surface area contributed by atoms with Gasteiger partial charge < -0.3 is 15.0 Å². The summed E-state index contributed by atoms with van der Waals surface area (Å²) in [6.45, 7) is 9.98. The Labute approximate surface area is 205 Å². The van der Waals surface area contributed by atoms with E-state index in [2.05, 4.69) is 10.2 Å². The Morgan fingerprint density at radius 2 is 1.94 bits per heavy atom. The van der Waals surface area contributed by atoms with Gasteiger partial charge in [0, 0.05) is 56.5 Å². The van der Waals surface area contributed by atoms with Crippen LogP contribution in [0.3, 0.4) is 0 Å². The maximum atomic E-state index is 13.1. The molecule has 0 unspecified atom stereocenters. The van der Waals surface area contributed by atoms with E-state index in [0.717, 1.165) is 18.7 Å². The van der Waals surface area contributed by atoms with Gasteiger partial charge in [0.25, 0.3) is 0 Å². The Hall–Kier alpha value is -2.90. The van der Waals surface area contributed by atoms with E-state index < -0.39 is 0 Å². The molecule has 1 saturated heterocycles. The number of hydrogen-bond acceptors (Lipinski definition) is 4. The fraction of sp³-hybridized carbons (Fsp3) is 0.385. The number of nitrogens with zero attached hydrogens (tertiary/aromatic N) is 2. The molecule has 0 aliphatic carbocycles. The van der Waals surface area contributed by atoms with Gasteiger partial charge in [-0.25, -0.2) is 4.39 Å². The second-order valence-electron chi connectivity index (χ2n) is 8.79. The monoisotopic (exact) mass is 487 g/mol. The molecule has 0 bridgehead atoms. The third kappa shape index (κ3) is 7.05. The Morgan fingerprint density at radius 3 is 2.56 bits per heavy atom. The zero-order valence-electron chi connectivity index (χ0n) is 20.0. The van der Waals surface area contributed by atoms with E-state index in [1.165, 1.54) is 25.1 Å². The van der Waals surface area contributed by atoms with Crippen molar-refractivity contribution in [3.8, 4) is 5.75 Å². The number of anilines is 1. The molecule has 0 aromatic heterocycles. The summed E-state index contributed by atoms with van der Waals surface area (Å²) in [5.74, 6) is -0.102. The van der Waals surface area contributed by atoms with Crippen molar-refractivity contribution in [3.05, 3.63) is 64.4 Å². The van der Waals surface area contributed by atoms with Crippen LogP contribution >= 0.6 is 11.6 Å². The minimum Gasteiger partial charge on any atom is -0.489 e. The van der Waals surface area contributed by atoms with E-state index in [0.29, 0.717) is 35.1 Å². The predicted molar refractivity (Wildman–Crippen MR) is 133 cm³/mol. The van der Waals surface area contributed by atoms with E-state index in [4.69, 9.17) is 16.3 Å². The molecule has 3 rings (SSSR count). The zero-order chi connectivity index (χ0) is 24.8. The van der Waals surface area contributed by atoms with E-state index in [-0.39, 0.29) is 29.8 Å². The minimum absolute atomic E-state index is 0.0196. The molecule has 182 valence electrons. The molecule has 0 radical (unpaired) electrons.